The molecule has 0 radical (unpaired) electrons. The number of nitrogens with zero attached hydrogens (tertiary/aromatic N) is 3. The average molecular weight is 524 g/mol. The van der Waals surface area contributed by atoms with E-state index in [9.17, 15) is 9.59 Å². The lowest BCUT2D eigenvalue weighted by molar-refractivity contribution is 0.0978. The van der Waals surface area contributed by atoms with Crippen LogP contribution in [0.3, 0.4) is 0 Å². The summed E-state index contributed by atoms with van der Waals surface area (Å²) in [6, 6.07) is 9.78. The highest BCUT2D eigenvalue weighted by Gasteiger charge is 2.29. The molecule has 8 N–H and O–H groups in total. The first-order valence-electron chi connectivity index (χ1n) is 13.0. The maximum absolute atomic E-state index is 12.8. The van der Waals surface area contributed by atoms with E-state index < -0.39 is 0 Å². The number of ether oxygens (including phenoxy) is 1. The van der Waals surface area contributed by atoms with E-state index in [0.29, 0.717) is 45.0 Å². The number of carbonyl (C=O) groups excluding carboxylic acids is 1. The molecule has 0 aliphatic carbocycles. The number of nitrogens with one attached hydrogen (secondary N) is 4. The van der Waals surface area contributed by atoms with Crippen LogP contribution in [0.2, 0.25) is 0 Å². The van der Waals surface area contributed by atoms with Crippen molar-refractivity contribution in [3.8, 4) is 5.69 Å². The van der Waals surface area contributed by atoms with Crippen LogP contribution in [-0.4, -0.2) is 70.8 Å². The summed E-state index contributed by atoms with van der Waals surface area (Å²) in [6.07, 6.45) is 3.15. The fraction of sp³-hybridized carbons (Fsp3) is 0.462. The normalized spacial score (nSPS) is 16.1. The van der Waals surface area contributed by atoms with Crippen molar-refractivity contribution < 1.29 is 9.53 Å². The van der Waals surface area contributed by atoms with Crippen LogP contribution in [-0.2, 0) is 11.3 Å². The van der Waals surface area contributed by atoms with Gasteiger partial charge in [-0.1, -0.05) is 19.1 Å². The summed E-state index contributed by atoms with van der Waals surface area (Å²) >= 11 is 0. The Kier molecular flexibility index (Phi) is 8.98. The van der Waals surface area contributed by atoms with Gasteiger partial charge in [0.15, 0.2) is 5.96 Å². The van der Waals surface area contributed by atoms with Crippen LogP contribution in [0.25, 0.3) is 16.7 Å². The van der Waals surface area contributed by atoms with Crippen molar-refractivity contribution in [3.63, 3.8) is 0 Å². The van der Waals surface area contributed by atoms with Crippen molar-refractivity contribution in [3.05, 3.63) is 58.3 Å². The number of carbonyl (C=O) groups is 1. The Morgan fingerprint density at radius 3 is 2.84 bits per heavy atom. The minimum atomic E-state index is -0.361. The van der Waals surface area contributed by atoms with Crippen molar-refractivity contribution in [2.45, 2.75) is 32.2 Å². The highest BCUT2D eigenvalue weighted by molar-refractivity contribution is 5.76. The van der Waals surface area contributed by atoms with E-state index in [0.717, 1.165) is 41.7 Å². The molecule has 1 fully saturated rings. The van der Waals surface area contributed by atoms with Gasteiger partial charge in [0.25, 0.3) is 0 Å². The lowest BCUT2D eigenvalue weighted by Gasteiger charge is -2.17. The van der Waals surface area contributed by atoms with Gasteiger partial charge in [0.1, 0.15) is 5.65 Å². The number of aromatic amines is 1. The van der Waals surface area contributed by atoms with Gasteiger partial charge in [-0.15, -0.1) is 0 Å². The first-order chi connectivity index (χ1) is 18.3. The lowest BCUT2D eigenvalue weighted by Crippen LogP contribution is -2.32. The minimum Gasteiger partial charge on any atom is -0.449 e. The molecule has 1 aliphatic rings. The number of likely N-dealkylation sites (tertiary alicyclic amines) is 1. The first kappa shape index (κ1) is 27.1. The Morgan fingerprint density at radius 1 is 1.32 bits per heavy atom. The topological polar surface area (TPSA) is 180 Å². The number of hydrogen-bond donors (Lipinski definition) is 6. The van der Waals surface area contributed by atoms with Crippen molar-refractivity contribution in [2.24, 2.45) is 17.4 Å². The third-order valence-electron chi connectivity index (χ3n) is 6.70. The van der Waals surface area contributed by atoms with Gasteiger partial charge in [0, 0.05) is 55.3 Å². The molecule has 2 aromatic heterocycles. The fourth-order valence-electron chi connectivity index (χ4n) is 4.42. The van der Waals surface area contributed by atoms with E-state index in [2.05, 4.69) is 20.6 Å². The largest absolute Gasteiger partial charge is 0.449 e. The minimum absolute atomic E-state index is 0.0180. The molecule has 1 amide bonds. The van der Waals surface area contributed by atoms with E-state index in [1.807, 2.05) is 37.3 Å². The molecule has 0 unspecified atom stereocenters. The third kappa shape index (κ3) is 6.90. The Labute approximate surface area is 221 Å². The SMILES string of the molecule is C[C@H](CN)COC(=O)N1CC[C@@H](c2cc3cn(-c4ccc(CNCCCNC(=N)N)cc4)c(=O)nc3[nH]2)C1. The number of hydrogen-bond acceptors (Lipinski definition) is 7. The van der Waals surface area contributed by atoms with Gasteiger partial charge in [0.05, 0.1) is 12.3 Å². The quantitative estimate of drug-likeness (QED) is 0.123. The van der Waals surface area contributed by atoms with Crippen LogP contribution in [0.5, 0.6) is 0 Å². The van der Waals surface area contributed by atoms with E-state index in [4.69, 9.17) is 21.6 Å². The van der Waals surface area contributed by atoms with Crippen molar-refractivity contribution >= 4 is 23.1 Å². The van der Waals surface area contributed by atoms with Gasteiger partial charge >= 0.3 is 11.8 Å². The Morgan fingerprint density at radius 2 is 2.11 bits per heavy atom. The molecule has 12 nitrogen and oxygen atoms in total. The second kappa shape index (κ2) is 12.6. The number of aromatic nitrogens is 3. The second-order valence-electron chi connectivity index (χ2n) is 9.81. The highest BCUT2D eigenvalue weighted by atomic mass is 16.6. The summed E-state index contributed by atoms with van der Waals surface area (Å²) in [5.41, 5.74) is 13.8. The van der Waals surface area contributed by atoms with Crippen LogP contribution >= 0.6 is 0 Å². The molecule has 12 heteroatoms. The summed E-state index contributed by atoms with van der Waals surface area (Å²) in [5, 5.41) is 14.1. The van der Waals surface area contributed by atoms with E-state index in [-0.39, 0.29) is 29.6 Å². The van der Waals surface area contributed by atoms with E-state index in [1.54, 1.807) is 15.7 Å². The Hall–Kier alpha value is -3.90. The zero-order chi connectivity index (χ0) is 27.1. The number of H-pyrrole nitrogens is 1. The maximum Gasteiger partial charge on any atom is 0.409 e. The molecule has 0 saturated carbocycles. The Balaban J connectivity index is 1.36. The van der Waals surface area contributed by atoms with E-state index >= 15 is 0 Å². The van der Waals surface area contributed by atoms with Crippen LogP contribution in [0.1, 0.15) is 36.9 Å². The lowest BCUT2D eigenvalue weighted by atomic mass is 10.1. The number of nitrogens with two attached hydrogens (primary N) is 2. The van der Waals surface area contributed by atoms with Crippen LogP contribution in [0.4, 0.5) is 4.79 Å². The predicted molar refractivity (Wildman–Crippen MR) is 146 cm³/mol. The standard InChI is InChI=1S/C26H37N9O3/c1-17(12-27)16-38-26(37)34-10-7-19(14-34)22-11-20-15-35(25(36)33-23(20)32-22)21-5-3-18(4-6-21)13-30-8-2-9-31-24(28)29/h3-6,11,15,17,19,30H,2,7-10,12-14,16,27H2,1H3,(H4,28,29,31)(H,32,33,36)/t17-,19-/m1/s1. The third-order valence-corrected chi connectivity index (χ3v) is 6.70. The van der Waals surface area contributed by atoms with Gasteiger partial charge in [-0.05, 0) is 49.7 Å². The smallest absolute Gasteiger partial charge is 0.409 e. The summed E-state index contributed by atoms with van der Waals surface area (Å²) in [5.74, 6) is 0.234. The molecule has 0 spiro atoms. The van der Waals surface area contributed by atoms with Crippen LogP contribution in [0.15, 0.2) is 41.3 Å². The summed E-state index contributed by atoms with van der Waals surface area (Å²) in [7, 11) is 0. The van der Waals surface area contributed by atoms with Gasteiger partial charge in [-0.25, -0.2) is 9.59 Å². The van der Waals surface area contributed by atoms with Gasteiger partial charge in [0.2, 0.25) is 0 Å². The zero-order valence-corrected chi connectivity index (χ0v) is 21.7. The highest BCUT2D eigenvalue weighted by Crippen LogP contribution is 2.29. The fourth-order valence-corrected chi connectivity index (χ4v) is 4.42. The molecule has 1 aromatic carbocycles. The maximum atomic E-state index is 12.8. The molecule has 3 aromatic rings. The summed E-state index contributed by atoms with van der Waals surface area (Å²) < 4.78 is 6.92. The molecule has 1 saturated heterocycles. The number of guanidine groups is 1. The summed E-state index contributed by atoms with van der Waals surface area (Å²) in [4.78, 5) is 34.4. The monoisotopic (exact) mass is 523 g/mol. The average Bonchev–Trinajstić information content (AvgIpc) is 3.56. The Bertz CT molecular complexity index is 1300. The van der Waals surface area contributed by atoms with E-state index in [1.165, 1.54) is 0 Å². The zero-order valence-electron chi connectivity index (χ0n) is 21.7. The summed E-state index contributed by atoms with van der Waals surface area (Å²) in [6.45, 7) is 6.06. The molecule has 38 heavy (non-hydrogen) atoms. The number of amides is 1. The molecule has 3 heterocycles. The van der Waals surface area contributed by atoms with Gasteiger partial charge in [-0.2, -0.15) is 4.98 Å². The number of rotatable bonds is 11. The van der Waals surface area contributed by atoms with Crippen LogP contribution in [0, 0.1) is 11.3 Å². The molecular weight excluding hydrogens is 486 g/mol. The number of benzene rings is 1. The molecule has 1 aliphatic heterocycles. The molecule has 4 rings (SSSR count). The molecule has 2 atom stereocenters. The molecule has 0 bridgehead atoms. The molecule has 204 valence electrons. The van der Waals surface area contributed by atoms with Crippen molar-refractivity contribution in [2.75, 3.05) is 39.3 Å². The van der Waals surface area contributed by atoms with Crippen molar-refractivity contribution in [1.29, 1.82) is 5.41 Å². The van der Waals surface area contributed by atoms with Crippen molar-refractivity contribution in [1.82, 2.24) is 30.1 Å². The van der Waals surface area contributed by atoms with Gasteiger partial charge < -0.3 is 36.7 Å². The van der Waals surface area contributed by atoms with Gasteiger partial charge in [-0.3, -0.25) is 9.98 Å². The first-order valence-corrected chi connectivity index (χ1v) is 13.0. The second-order valence-corrected chi connectivity index (χ2v) is 9.81. The predicted octanol–water partition coefficient (Wildman–Crippen LogP) is 1.20. The number of fused-ring (bicyclic) bond motifs is 1. The van der Waals surface area contributed by atoms with Crippen LogP contribution < -0.4 is 27.8 Å². The molecular formula is C26H37N9O3.